The predicted molar refractivity (Wildman–Crippen MR) is 82.4 cm³/mol. The Kier molecular flexibility index (Phi) is 5.96. The average Bonchev–Trinajstić information content (AvgIpc) is 2.91. The van der Waals surface area contributed by atoms with Crippen LogP contribution in [0.3, 0.4) is 0 Å². The van der Waals surface area contributed by atoms with Gasteiger partial charge in [0, 0.05) is 13.1 Å². The predicted octanol–water partition coefficient (Wildman–Crippen LogP) is 3.37. The van der Waals surface area contributed by atoms with Gasteiger partial charge in [-0.2, -0.15) is 0 Å². The van der Waals surface area contributed by atoms with E-state index in [9.17, 15) is 4.39 Å². The van der Waals surface area contributed by atoms with Crippen LogP contribution in [0.4, 0.5) is 4.39 Å². The van der Waals surface area contributed by atoms with Crippen molar-refractivity contribution in [3.63, 3.8) is 0 Å². The second-order valence-corrected chi connectivity index (χ2v) is 5.58. The van der Waals surface area contributed by atoms with E-state index in [0.29, 0.717) is 0 Å². The summed E-state index contributed by atoms with van der Waals surface area (Å²) in [5.74, 6) is 0.759. The van der Waals surface area contributed by atoms with Gasteiger partial charge >= 0.3 is 0 Å². The molecule has 4 heteroatoms. The molecule has 2 aromatic rings. The first-order valence-electron chi connectivity index (χ1n) is 7.27. The molecule has 21 heavy (non-hydrogen) atoms. The van der Waals surface area contributed by atoms with Crippen molar-refractivity contribution in [2.75, 3.05) is 27.2 Å². The lowest BCUT2D eigenvalue weighted by Crippen LogP contribution is -2.26. The van der Waals surface area contributed by atoms with Crippen LogP contribution >= 0.6 is 0 Å². The molecule has 0 aliphatic rings. The molecule has 0 aliphatic carbocycles. The van der Waals surface area contributed by atoms with Gasteiger partial charge in [-0.05, 0) is 56.9 Å². The van der Waals surface area contributed by atoms with E-state index in [4.69, 9.17) is 4.42 Å². The van der Waals surface area contributed by atoms with Crippen LogP contribution in [0, 0.1) is 5.82 Å². The van der Waals surface area contributed by atoms with Crippen molar-refractivity contribution in [3.8, 4) is 0 Å². The van der Waals surface area contributed by atoms with Crippen molar-refractivity contribution in [3.05, 3.63) is 59.8 Å². The highest BCUT2D eigenvalue weighted by molar-refractivity contribution is 5.16. The second-order valence-electron chi connectivity index (χ2n) is 5.58. The highest BCUT2D eigenvalue weighted by Gasteiger charge is 2.09. The highest BCUT2D eigenvalue weighted by atomic mass is 19.1. The Morgan fingerprint density at radius 3 is 2.57 bits per heavy atom. The normalized spacial score (nSPS) is 11.5. The first-order valence-corrected chi connectivity index (χ1v) is 7.27. The summed E-state index contributed by atoms with van der Waals surface area (Å²) in [6, 6.07) is 10.7. The summed E-state index contributed by atoms with van der Waals surface area (Å²) in [5.41, 5.74) is 0.992. The van der Waals surface area contributed by atoms with E-state index in [1.54, 1.807) is 18.4 Å². The molecule has 3 nitrogen and oxygen atoms in total. The molecule has 0 amide bonds. The Morgan fingerprint density at radius 2 is 1.90 bits per heavy atom. The van der Waals surface area contributed by atoms with Gasteiger partial charge in [-0.15, -0.1) is 0 Å². The molecular weight excluding hydrogens is 267 g/mol. The number of halogens is 1. The zero-order chi connectivity index (χ0) is 15.1. The molecule has 0 bridgehead atoms. The summed E-state index contributed by atoms with van der Waals surface area (Å²) < 4.78 is 18.7. The molecule has 0 saturated carbocycles. The Hall–Kier alpha value is -1.65. The van der Waals surface area contributed by atoms with Gasteiger partial charge in [0.15, 0.2) is 0 Å². The molecule has 2 rings (SSSR count). The van der Waals surface area contributed by atoms with E-state index in [1.807, 2.05) is 18.2 Å². The van der Waals surface area contributed by atoms with Gasteiger partial charge in [0.2, 0.25) is 0 Å². The van der Waals surface area contributed by atoms with Crippen molar-refractivity contribution in [2.45, 2.75) is 19.5 Å². The SMILES string of the molecule is CN(C)CCCN(Cc1cccc(F)c1)Cc1ccco1. The number of nitrogens with zero attached hydrogens (tertiary/aromatic N) is 2. The molecule has 0 radical (unpaired) electrons. The standard InChI is InChI=1S/C17H23FN2O/c1-19(2)9-5-10-20(14-17-8-4-11-21-17)13-15-6-3-7-16(18)12-15/h3-4,6-8,11-12H,5,9-10,13-14H2,1-2H3. The van der Waals surface area contributed by atoms with Crippen molar-refractivity contribution < 1.29 is 8.81 Å². The van der Waals surface area contributed by atoms with E-state index in [1.165, 1.54) is 6.07 Å². The number of hydrogen-bond donors (Lipinski definition) is 0. The van der Waals surface area contributed by atoms with Crippen molar-refractivity contribution in [1.82, 2.24) is 9.80 Å². The second kappa shape index (κ2) is 7.96. The topological polar surface area (TPSA) is 19.6 Å². The Labute approximate surface area is 126 Å². The van der Waals surface area contributed by atoms with Crippen molar-refractivity contribution in [1.29, 1.82) is 0 Å². The lowest BCUT2D eigenvalue weighted by Gasteiger charge is -2.22. The van der Waals surface area contributed by atoms with Gasteiger partial charge < -0.3 is 9.32 Å². The van der Waals surface area contributed by atoms with E-state index in [0.717, 1.165) is 43.9 Å². The fourth-order valence-corrected chi connectivity index (χ4v) is 2.34. The number of benzene rings is 1. The molecule has 114 valence electrons. The summed E-state index contributed by atoms with van der Waals surface area (Å²) in [5, 5.41) is 0. The first kappa shape index (κ1) is 15.7. The smallest absolute Gasteiger partial charge is 0.123 e. The highest BCUT2D eigenvalue weighted by Crippen LogP contribution is 2.12. The lowest BCUT2D eigenvalue weighted by atomic mass is 10.2. The first-order chi connectivity index (χ1) is 10.1. The van der Waals surface area contributed by atoms with Crippen LogP contribution in [-0.4, -0.2) is 37.0 Å². The monoisotopic (exact) mass is 290 g/mol. The zero-order valence-electron chi connectivity index (χ0n) is 12.8. The molecule has 0 N–H and O–H groups in total. The summed E-state index contributed by atoms with van der Waals surface area (Å²) in [7, 11) is 4.15. The van der Waals surface area contributed by atoms with E-state index >= 15 is 0 Å². The van der Waals surface area contributed by atoms with Crippen LogP contribution in [0.25, 0.3) is 0 Å². The van der Waals surface area contributed by atoms with Crippen LogP contribution in [0.15, 0.2) is 47.1 Å². The summed E-state index contributed by atoms with van der Waals surface area (Å²) in [6.07, 6.45) is 2.76. The third-order valence-corrected chi connectivity index (χ3v) is 3.33. The maximum Gasteiger partial charge on any atom is 0.123 e. The Balaban J connectivity index is 1.96. The quantitative estimate of drug-likeness (QED) is 0.743. The largest absolute Gasteiger partial charge is 0.468 e. The van der Waals surface area contributed by atoms with Crippen LogP contribution in [0.1, 0.15) is 17.7 Å². The van der Waals surface area contributed by atoms with Crippen LogP contribution in [0.5, 0.6) is 0 Å². The van der Waals surface area contributed by atoms with Crippen LogP contribution in [0.2, 0.25) is 0 Å². The molecular formula is C17H23FN2O. The molecule has 0 fully saturated rings. The molecule has 1 aromatic carbocycles. The molecule has 1 aromatic heterocycles. The minimum absolute atomic E-state index is 0.182. The summed E-state index contributed by atoms with van der Waals surface area (Å²) in [6.45, 7) is 3.47. The number of rotatable bonds is 8. The van der Waals surface area contributed by atoms with Gasteiger partial charge in [-0.3, -0.25) is 4.90 Å². The summed E-state index contributed by atoms with van der Waals surface area (Å²) in [4.78, 5) is 4.46. The van der Waals surface area contributed by atoms with E-state index in [-0.39, 0.29) is 5.82 Å². The van der Waals surface area contributed by atoms with Gasteiger partial charge in [0.1, 0.15) is 11.6 Å². The fraction of sp³-hybridized carbons (Fsp3) is 0.412. The maximum atomic E-state index is 13.3. The maximum absolute atomic E-state index is 13.3. The van der Waals surface area contributed by atoms with Gasteiger partial charge in [0.25, 0.3) is 0 Å². The molecule has 0 spiro atoms. The van der Waals surface area contributed by atoms with E-state index in [2.05, 4.69) is 23.9 Å². The molecule has 0 aliphatic heterocycles. The summed E-state index contributed by atoms with van der Waals surface area (Å²) >= 11 is 0. The minimum atomic E-state index is -0.182. The Morgan fingerprint density at radius 1 is 1.05 bits per heavy atom. The average molecular weight is 290 g/mol. The third kappa shape index (κ3) is 5.69. The van der Waals surface area contributed by atoms with E-state index < -0.39 is 0 Å². The third-order valence-electron chi connectivity index (χ3n) is 3.33. The van der Waals surface area contributed by atoms with Crippen molar-refractivity contribution in [2.24, 2.45) is 0 Å². The molecule has 0 saturated heterocycles. The zero-order valence-corrected chi connectivity index (χ0v) is 12.8. The van der Waals surface area contributed by atoms with Gasteiger partial charge in [-0.1, -0.05) is 12.1 Å². The van der Waals surface area contributed by atoms with Crippen molar-refractivity contribution >= 4 is 0 Å². The minimum Gasteiger partial charge on any atom is -0.468 e. The lowest BCUT2D eigenvalue weighted by molar-refractivity contribution is 0.222. The molecule has 0 atom stereocenters. The van der Waals surface area contributed by atoms with Gasteiger partial charge in [0.05, 0.1) is 12.8 Å². The van der Waals surface area contributed by atoms with Crippen LogP contribution in [-0.2, 0) is 13.1 Å². The Bertz CT molecular complexity index is 525. The fourth-order valence-electron chi connectivity index (χ4n) is 2.34. The number of hydrogen-bond acceptors (Lipinski definition) is 3. The van der Waals surface area contributed by atoms with Crippen LogP contribution < -0.4 is 0 Å². The molecule has 1 heterocycles. The van der Waals surface area contributed by atoms with Gasteiger partial charge in [-0.25, -0.2) is 4.39 Å². The molecule has 0 unspecified atom stereocenters. The number of furan rings is 1.